The molecule has 2 aromatic rings. The van der Waals surface area contributed by atoms with E-state index >= 15 is 0 Å². The van der Waals surface area contributed by atoms with Crippen LogP contribution >= 0.6 is 27.5 Å². The molecule has 0 amide bonds. The van der Waals surface area contributed by atoms with Crippen molar-refractivity contribution in [1.29, 1.82) is 0 Å². The zero-order chi connectivity index (χ0) is 13.7. The van der Waals surface area contributed by atoms with Crippen molar-refractivity contribution in [1.82, 2.24) is 4.98 Å². The van der Waals surface area contributed by atoms with Gasteiger partial charge in [0, 0.05) is 19.9 Å². The minimum atomic E-state index is 0.604. The highest BCUT2D eigenvalue weighted by atomic mass is 79.9. The predicted molar refractivity (Wildman–Crippen MR) is 81.4 cm³/mol. The van der Waals surface area contributed by atoms with E-state index in [0.717, 1.165) is 10.3 Å². The second-order valence-corrected chi connectivity index (χ2v) is 5.33. The standard InChI is InChI=1S/C14H14BrClN2O/c1-19-9-11-5-3-2-4-10(11)7-17-14-13(15)6-12(16)8-18-14/h2-6,8H,7,9H2,1H3,(H,17,18). The predicted octanol–water partition coefficient (Wildman–Crippen LogP) is 4.26. The fraction of sp³-hybridized carbons (Fsp3) is 0.214. The summed E-state index contributed by atoms with van der Waals surface area (Å²) >= 11 is 9.30. The molecule has 0 saturated carbocycles. The molecule has 0 unspecified atom stereocenters. The Morgan fingerprint density at radius 1 is 1.32 bits per heavy atom. The summed E-state index contributed by atoms with van der Waals surface area (Å²) in [5, 5.41) is 3.89. The van der Waals surface area contributed by atoms with Gasteiger partial charge in [0.15, 0.2) is 0 Å². The Morgan fingerprint density at radius 3 is 2.74 bits per heavy atom. The van der Waals surface area contributed by atoms with Crippen LogP contribution in [0.25, 0.3) is 0 Å². The monoisotopic (exact) mass is 340 g/mol. The summed E-state index contributed by atoms with van der Waals surface area (Å²) in [7, 11) is 1.70. The highest BCUT2D eigenvalue weighted by molar-refractivity contribution is 9.10. The molecular formula is C14H14BrClN2O. The molecule has 1 aromatic carbocycles. The number of halogens is 2. The number of aromatic nitrogens is 1. The van der Waals surface area contributed by atoms with Gasteiger partial charge in [-0.2, -0.15) is 0 Å². The first-order valence-electron chi connectivity index (χ1n) is 5.81. The van der Waals surface area contributed by atoms with Crippen molar-refractivity contribution in [3.63, 3.8) is 0 Å². The summed E-state index contributed by atoms with van der Waals surface area (Å²) in [6.45, 7) is 1.29. The first kappa shape index (κ1) is 14.3. The molecule has 0 atom stereocenters. The summed E-state index contributed by atoms with van der Waals surface area (Å²) in [6, 6.07) is 9.97. The van der Waals surface area contributed by atoms with Crippen LogP contribution in [0, 0.1) is 0 Å². The van der Waals surface area contributed by atoms with Gasteiger partial charge >= 0.3 is 0 Å². The molecule has 0 fully saturated rings. The number of anilines is 1. The van der Waals surface area contributed by atoms with Gasteiger partial charge in [0.05, 0.1) is 16.1 Å². The summed E-state index contributed by atoms with van der Waals surface area (Å²) in [5.41, 5.74) is 2.36. The van der Waals surface area contributed by atoms with E-state index in [2.05, 4.69) is 38.4 Å². The number of nitrogens with one attached hydrogen (secondary N) is 1. The highest BCUT2D eigenvalue weighted by Crippen LogP contribution is 2.24. The van der Waals surface area contributed by atoms with Crippen LogP contribution in [-0.2, 0) is 17.9 Å². The Kier molecular flexibility index (Phi) is 5.19. The maximum Gasteiger partial charge on any atom is 0.140 e. The Labute approximate surface area is 126 Å². The Balaban J connectivity index is 2.10. The quantitative estimate of drug-likeness (QED) is 0.882. The van der Waals surface area contributed by atoms with E-state index in [4.69, 9.17) is 16.3 Å². The molecule has 5 heteroatoms. The van der Waals surface area contributed by atoms with E-state index in [1.807, 2.05) is 18.2 Å². The van der Waals surface area contributed by atoms with E-state index < -0.39 is 0 Å². The van der Waals surface area contributed by atoms with Crippen LogP contribution in [0.15, 0.2) is 41.0 Å². The lowest BCUT2D eigenvalue weighted by Gasteiger charge is -2.11. The fourth-order valence-electron chi connectivity index (χ4n) is 1.75. The van der Waals surface area contributed by atoms with E-state index in [-0.39, 0.29) is 0 Å². The van der Waals surface area contributed by atoms with E-state index in [1.165, 1.54) is 11.1 Å². The molecule has 0 bridgehead atoms. The smallest absolute Gasteiger partial charge is 0.140 e. The lowest BCUT2D eigenvalue weighted by molar-refractivity contribution is 0.184. The van der Waals surface area contributed by atoms with Gasteiger partial charge < -0.3 is 10.1 Å². The van der Waals surface area contributed by atoms with Crippen molar-refractivity contribution in [3.05, 3.63) is 57.2 Å². The van der Waals surface area contributed by atoms with Gasteiger partial charge in [0.1, 0.15) is 5.82 Å². The summed E-state index contributed by atoms with van der Waals surface area (Å²) < 4.78 is 6.04. The maximum absolute atomic E-state index is 5.86. The summed E-state index contributed by atoms with van der Waals surface area (Å²) in [6.07, 6.45) is 1.62. The van der Waals surface area contributed by atoms with Crippen LogP contribution in [0.2, 0.25) is 5.02 Å². The van der Waals surface area contributed by atoms with Gasteiger partial charge in [0.25, 0.3) is 0 Å². The van der Waals surface area contributed by atoms with Crippen molar-refractivity contribution >= 4 is 33.3 Å². The average molecular weight is 342 g/mol. The number of hydrogen-bond donors (Lipinski definition) is 1. The Hall–Kier alpha value is -1.10. The number of methoxy groups -OCH3 is 1. The normalized spacial score (nSPS) is 10.5. The van der Waals surface area contributed by atoms with E-state index in [9.17, 15) is 0 Å². The van der Waals surface area contributed by atoms with Gasteiger partial charge in [-0.15, -0.1) is 0 Å². The number of hydrogen-bond acceptors (Lipinski definition) is 3. The van der Waals surface area contributed by atoms with Crippen molar-refractivity contribution in [2.75, 3.05) is 12.4 Å². The summed E-state index contributed by atoms with van der Waals surface area (Å²) in [4.78, 5) is 4.25. The first-order chi connectivity index (χ1) is 9.20. The number of pyridine rings is 1. The number of rotatable bonds is 5. The lowest BCUT2D eigenvalue weighted by atomic mass is 10.1. The van der Waals surface area contributed by atoms with Crippen LogP contribution in [-0.4, -0.2) is 12.1 Å². The number of nitrogens with zero attached hydrogens (tertiary/aromatic N) is 1. The molecule has 0 aliphatic rings. The number of ether oxygens (including phenoxy) is 1. The van der Waals surface area contributed by atoms with Crippen molar-refractivity contribution in [2.24, 2.45) is 0 Å². The zero-order valence-corrected chi connectivity index (χ0v) is 12.8. The second kappa shape index (κ2) is 6.89. The minimum Gasteiger partial charge on any atom is -0.380 e. The molecule has 2 rings (SSSR count). The molecule has 100 valence electrons. The highest BCUT2D eigenvalue weighted by Gasteiger charge is 2.05. The Bertz CT molecular complexity index is 563. The van der Waals surface area contributed by atoms with E-state index in [1.54, 1.807) is 13.3 Å². The van der Waals surface area contributed by atoms with Crippen LogP contribution in [0.3, 0.4) is 0 Å². The Morgan fingerprint density at radius 2 is 2.05 bits per heavy atom. The van der Waals surface area contributed by atoms with Gasteiger partial charge in [-0.05, 0) is 33.1 Å². The van der Waals surface area contributed by atoms with E-state index in [0.29, 0.717) is 18.2 Å². The van der Waals surface area contributed by atoms with Crippen molar-refractivity contribution in [2.45, 2.75) is 13.2 Å². The van der Waals surface area contributed by atoms with Gasteiger partial charge in [-0.1, -0.05) is 35.9 Å². The van der Waals surface area contributed by atoms with Crippen molar-refractivity contribution in [3.8, 4) is 0 Å². The molecule has 3 nitrogen and oxygen atoms in total. The molecule has 1 heterocycles. The van der Waals surface area contributed by atoms with Crippen LogP contribution in [0.4, 0.5) is 5.82 Å². The molecule has 0 spiro atoms. The third-order valence-corrected chi connectivity index (χ3v) is 3.48. The van der Waals surface area contributed by atoms with Gasteiger partial charge in [-0.25, -0.2) is 4.98 Å². The SMILES string of the molecule is COCc1ccccc1CNc1ncc(Cl)cc1Br. The third kappa shape index (κ3) is 3.93. The molecule has 1 aromatic heterocycles. The average Bonchev–Trinajstić information content (AvgIpc) is 2.40. The maximum atomic E-state index is 5.86. The minimum absolute atomic E-state index is 0.604. The molecule has 0 saturated heterocycles. The second-order valence-electron chi connectivity index (χ2n) is 4.04. The molecule has 1 N–H and O–H groups in total. The van der Waals surface area contributed by atoms with Crippen LogP contribution in [0.5, 0.6) is 0 Å². The molecule has 19 heavy (non-hydrogen) atoms. The first-order valence-corrected chi connectivity index (χ1v) is 6.98. The number of benzene rings is 1. The third-order valence-electron chi connectivity index (χ3n) is 2.67. The largest absolute Gasteiger partial charge is 0.380 e. The molecule has 0 radical (unpaired) electrons. The molecule has 0 aliphatic heterocycles. The summed E-state index contributed by atoms with van der Waals surface area (Å²) in [5.74, 6) is 0.775. The zero-order valence-electron chi connectivity index (χ0n) is 10.5. The lowest BCUT2D eigenvalue weighted by Crippen LogP contribution is -2.05. The van der Waals surface area contributed by atoms with Crippen molar-refractivity contribution < 1.29 is 4.74 Å². The van der Waals surface area contributed by atoms with Gasteiger partial charge in [0.2, 0.25) is 0 Å². The fourth-order valence-corrected chi connectivity index (χ4v) is 2.53. The molecular weight excluding hydrogens is 328 g/mol. The van der Waals surface area contributed by atoms with Crippen LogP contribution < -0.4 is 5.32 Å². The molecule has 0 aliphatic carbocycles. The van der Waals surface area contributed by atoms with Gasteiger partial charge in [-0.3, -0.25) is 0 Å². The van der Waals surface area contributed by atoms with Crippen LogP contribution in [0.1, 0.15) is 11.1 Å². The topological polar surface area (TPSA) is 34.1 Å².